The molecule has 0 unspecified atom stereocenters. The molecule has 0 fully saturated rings. The van der Waals surface area contributed by atoms with Gasteiger partial charge in [0, 0.05) is 38.4 Å². The summed E-state index contributed by atoms with van der Waals surface area (Å²) in [5.41, 5.74) is 5.06. The molecule has 0 saturated carbocycles. The number of rotatable bonds is 3. The van der Waals surface area contributed by atoms with Gasteiger partial charge >= 0.3 is 0 Å². The number of benzene rings is 3. The first kappa shape index (κ1) is 20.0. The van der Waals surface area contributed by atoms with Gasteiger partial charge in [0.25, 0.3) is 0 Å². The fourth-order valence-electron chi connectivity index (χ4n) is 3.83. The Labute approximate surface area is 190 Å². The summed E-state index contributed by atoms with van der Waals surface area (Å²) >= 11 is 14.6. The Kier molecular flexibility index (Phi) is 6.16. The summed E-state index contributed by atoms with van der Waals surface area (Å²) in [7, 11) is 0. The highest BCUT2D eigenvalue weighted by Gasteiger charge is 2.29. The summed E-state index contributed by atoms with van der Waals surface area (Å²) in [6, 6.07) is 23.5. The van der Waals surface area contributed by atoms with Crippen molar-refractivity contribution in [2.45, 2.75) is 25.6 Å². The molecule has 28 heavy (non-hydrogen) atoms. The van der Waals surface area contributed by atoms with Crippen LogP contribution >= 0.6 is 45.8 Å². The highest BCUT2D eigenvalue weighted by atomic mass is 127. The molecular formula is C23H21Cl2IN2. The molecule has 4 rings (SSSR count). The molecule has 1 N–H and O–H groups in total. The van der Waals surface area contributed by atoms with E-state index < -0.39 is 0 Å². The van der Waals surface area contributed by atoms with Crippen LogP contribution in [0.5, 0.6) is 0 Å². The number of anilines is 1. The summed E-state index contributed by atoms with van der Waals surface area (Å²) in [4.78, 5) is 2.56. The zero-order chi connectivity index (χ0) is 19.7. The second-order valence-electron chi connectivity index (χ2n) is 7.15. The molecule has 1 aliphatic heterocycles. The lowest BCUT2D eigenvalue weighted by Gasteiger charge is -2.35. The van der Waals surface area contributed by atoms with E-state index in [-0.39, 0.29) is 12.1 Å². The molecule has 2 atom stereocenters. The van der Waals surface area contributed by atoms with Crippen molar-refractivity contribution < 1.29 is 0 Å². The molecule has 0 aromatic heterocycles. The Balaban J connectivity index is 1.75. The number of hydrogen-bond acceptors (Lipinski definition) is 2. The van der Waals surface area contributed by atoms with Gasteiger partial charge in [0.15, 0.2) is 0 Å². The van der Waals surface area contributed by atoms with Gasteiger partial charge in [-0.15, -0.1) is 0 Å². The van der Waals surface area contributed by atoms with Crippen molar-refractivity contribution in [1.29, 1.82) is 0 Å². The van der Waals surface area contributed by atoms with E-state index in [2.05, 4.69) is 82.2 Å². The SMILES string of the molecule is C[C@H](c1ccc(Cl)cc1)N1Cc2cc(I)ccc2NC[C@@H]1c1ccc(Cl)cc1. The third-order valence-corrected chi connectivity index (χ3v) is 6.59. The Hall–Kier alpha value is -1.27. The Morgan fingerprint density at radius 1 is 0.964 bits per heavy atom. The van der Waals surface area contributed by atoms with E-state index in [1.165, 1.54) is 25.9 Å². The fraction of sp³-hybridized carbons (Fsp3) is 0.217. The second kappa shape index (κ2) is 8.62. The molecule has 2 nitrogen and oxygen atoms in total. The van der Waals surface area contributed by atoms with Crippen LogP contribution in [-0.4, -0.2) is 11.4 Å². The Morgan fingerprint density at radius 2 is 1.61 bits per heavy atom. The maximum Gasteiger partial charge on any atom is 0.0530 e. The minimum absolute atomic E-state index is 0.230. The van der Waals surface area contributed by atoms with Crippen LogP contribution in [0, 0.1) is 3.57 Å². The summed E-state index contributed by atoms with van der Waals surface area (Å²) in [5.74, 6) is 0. The molecule has 1 heterocycles. The molecule has 0 bridgehead atoms. The molecule has 0 aliphatic carbocycles. The van der Waals surface area contributed by atoms with Gasteiger partial charge in [-0.25, -0.2) is 0 Å². The minimum atomic E-state index is 0.230. The van der Waals surface area contributed by atoms with Gasteiger partial charge in [-0.1, -0.05) is 47.5 Å². The lowest BCUT2D eigenvalue weighted by Crippen LogP contribution is -2.33. The lowest BCUT2D eigenvalue weighted by atomic mass is 9.99. The van der Waals surface area contributed by atoms with Crippen molar-refractivity contribution in [2.75, 3.05) is 11.9 Å². The molecular weight excluding hydrogens is 502 g/mol. The summed E-state index contributed by atoms with van der Waals surface area (Å²) in [6.07, 6.45) is 0. The predicted molar refractivity (Wildman–Crippen MR) is 127 cm³/mol. The minimum Gasteiger partial charge on any atom is -0.383 e. The third-order valence-electron chi connectivity index (χ3n) is 5.41. The van der Waals surface area contributed by atoms with Gasteiger partial charge in [0.1, 0.15) is 0 Å². The van der Waals surface area contributed by atoms with E-state index >= 15 is 0 Å². The topological polar surface area (TPSA) is 15.3 Å². The van der Waals surface area contributed by atoms with Gasteiger partial charge in [-0.3, -0.25) is 4.90 Å². The maximum atomic E-state index is 6.14. The van der Waals surface area contributed by atoms with Crippen LogP contribution in [0.3, 0.4) is 0 Å². The first-order chi connectivity index (χ1) is 13.5. The van der Waals surface area contributed by atoms with Crippen molar-refractivity contribution in [3.05, 3.63) is 97.0 Å². The standard InChI is InChI=1S/C23H21Cl2IN2/c1-15(16-2-6-19(24)7-3-16)28-14-18-12-21(26)10-11-22(18)27-13-23(28)17-4-8-20(25)9-5-17/h2-12,15,23,27H,13-14H2,1H3/t15-,23-/m1/s1. The molecule has 0 spiro atoms. The van der Waals surface area contributed by atoms with E-state index in [0.29, 0.717) is 0 Å². The zero-order valence-electron chi connectivity index (χ0n) is 15.5. The predicted octanol–water partition coefficient (Wildman–Crippen LogP) is 7.33. The molecule has 0 saturated heterocycles. The quantitative estimate of drug-likeness (QED) is 0.362. The molecule has 0 amide bonds. The van der Waals surface area contributed by atoms with E-state index in [9.17, 15) is 0 Å². The van der Waals surface area contributed by atoms with Crippen molar-refractivity contribution >= 4 is 51.5 Å². The third kappa shape index (κ3) is 4.33. The van der Waals surface area contributed by atoms with Crippen LogP contribution in [0.4, 0.5) is 5.69 Å². The van der Waals surface area contributed by atoms with Crippen molar-refractivity contribution in [1.82, 2.24) is 4.90 Å². The average molecular weight is 523 g/mol. The highest BCUT2D eigenvalue weighted by Crippen LogP contribution is 2.37. The number of fused-ring (bicyclic) bond motifs is 1. The monoisotopic (exact) mass is 522 g/mol. The van der Waals surface area contributed by atoms with Gasteiger partial charge in [-0.05, 0) is 88.7 Å². The van der Waals surface area contributed by atoms with Crippen LogP contribution < -0.4 is 5.32 Å². The number of nitrogens with one attached hydrogen (secondary N) is 1. The van der Waals surface area contributed by atoms with Crippen molar-refractivity contribution in [2.24, 2.45) is 0 Å². The molecule has 1 aliphatic rings. The normalized spacial score (nSPS) is 18.1. The van der Waals surface area contributed by atoms with Gasteiger partial charge in [-0.2, -0.15) is 0 Å². The summed E-state index contributed by atoms with van der Waals surface area (Å²) in [5, 5.41) is 5.19. The van der Waals surface area contributed by atoms with Crippen LogP contribution in [0.2, 0.25) is 10.0 Å². The number of nitrogens with zero attached hydrogens (tertiary/aromatic N) is 1. The first-order valence-electron chi connectivity index (χ1n) is 9.30. The Bertz CT molecular complexity index is 957. The fourth-order valence-corrected chi connectivity index (χ4v) is 4.64. The van der Waals surface area contributed by atoms with Crippen LogP contribution in [-0.2, 0) is 6.54 Å². The van der Waals surface area contributed by atoms with Crippen LogP contribution in [0.25, 0.3) is 0 Å². The second-order valence-corrected chi connectivity index (χ2v) is 9.27. The van der Waals surface area contributed by atoms with E-state index in [4.69, 9.17) is 23.2 Å². The van der Waals surface area contributed by atoms with Gasteiger partial charge in [0.05, 0.1) is 6.04 Å². The maximum absolute atomic E-state index is 6.14. The molecule has 3 aromatic carbocycles. The molecule has 5 heteroatoms. The van der Waals surface area contributed by atoms with E-state index in [0.717, 1.165) is 23.1 Å². The molecule has 3 aromatic rings. The molecule has 144 valence electrons. The van der Waals surface area contributed by atoms with E-state index in [1.807, 2.05) is 24.3 Å². The van der Waals surface area contributed by atoms with Gasteiger partial charge < -0.3 is 5.32 Å². The largest absolute Gasteiger partial charge is 0.383 e. The number of halogens is 3. The van der Waals surface area contributed by atoms with Gasteiger partial charge in [0.2, 0.25) is 0 Å². The Morgan fingerprint density at radius 3 is 2.29 bits per heavy atom. The number of hydrogen-bond donors (Lipinski definition) is 1. The van der Waals surface area contributed by atoms with Crippen molar-refractivity contribution in [3.63, 3.8) is 0 Å². The highest BCUT2D eigenvalue weighted by molar-refractivity contribution is 14.1. The van der Waals surface area contributed by atoms with Crippen LogP contribution in [0.15, 0.2) is 66.7 Å². The summed E-state index contributed by atoms with van der Waals surface area (Å²) < 4.78 is 1.25. The average Bonchev–Trinajstić information content (AvgIpc) is 2.88. The summed E-state index contributed by atoms with van der Waals surface area (Å²) in [6.45, 7) is 3.98. The van der Waals surface area contributed by atoms with Crippen molar-refractivity contribution in [3.8, 4) is 0 Å². The zero-order valence-corrected chi connectivity index (χ0v) is 19.2. The smallest absolute Gasteiger partial charge is 0.0530 e. The lowest BCUT2D eigenvalue weighted by molar-refractivity contribution is 0.144. The molecule has 0 radical (unpaired) electrons. The van der Waals surface area contributed by atoms with Crippen LogP contribution in [0.1, 0.15) is 35.7 Å². The first-order valence-corrected chi connectivity index (χ1v) is 11.1. The van der Waals surface area contributed by atoms with E-state index in [1.54, 1.807) is 0 Å².